The molecule has 3 aromatic rings. The summed E-state index contributed by atoms with van der Waals surface area (Å²) in [5.74, 6) is 0.997. The zero-order valence-electron chi connectivity index (χ0n) is 19.1. The third kappa shape index (κ3) is 4.56. The number of aliphatic hydroxyl groups is 3. The zero-order valence-corrected chi connectivity index (χ0v) is 19.9. The van der Waals surface area contributed by atoms with Gasteiger partial charge in [-0.3, -0.25) is 10.1 Å². The van der Waals surface area contributed by atoms with E-state index in [2.05, 4.69) is 32.5 Å². The van der Waals surface area contributed by atoms with E-state index in [0.717, 1.165) is 24.2 Å². The lowest BCUT2D eigenvalue weighted by molar-refractivity contribution is -0.384. The molecular weight excluding hydrogens is 474 g/mol. The van der Waals surface area contributed by atoms with E-state index in [1.807, 2.05) is 6.07 Å². The second-order valence-electron chi connectivity index (χ2n) is 9.08. The summed E-state index contributed by atoms with van der Waals surface area (Å²) in [6, 6.07) is 6.12. The van der Waals surface area contributed by atoms with Crippen molar-refractivity contribution in [1.29, 1.82) is 0 Å². The highest BCUT2D eigenvalue weighted by Gasteiger charge is 2.44. The van der Waals surface area contributed by atoms with E-state index in [-0.39, 0.29) is 24.3 Å². The number of thioether (sulfide) groups is 1. The molecule has 2 saturated carbocycles. The predicted molar refractivity (Wildman–Crippen MR) is 128 cm³/mol. The average molecular weight is 502 g/mol. The van der Waals surface area contributed by atoms with Gasteiger partial charge in [0.05, 0.1) is 17.1 Å². The summed E-state index contributed by atoms with van der Waals surface area (Å²) < 4.78 is 1.52. The molecule has 0 saturated heterocycles. The van der Waals surface area contributed by atoms with Gasteiger partial charge in [-0.25, -0.2) is 14.6 Å². The quantitative estimate of drug-likeness (QED) is 0.146. The Morgan fingerprint density at radius 2 is 2.09 bits per heavy atom. The number of aliphatic hydroxyl groups excluding tert-OH is 3. The number of hydrogen-bond donors (Lipinski definition) is 4. The third-order valence-electron chi connectivity index (χ3n) is 6.68. The van der Waals surface area contributed by atoms with Crippen LogP contribution < -0.4 is 5.32 Å². The Morgan fingerprint density at radius 1 is 1.26 bits per heavy atom. The largest absolute Gasteiger partial charge is 0.396 e. The number of anilines is 1. The molecule has 0 radical (unpaired) electrons. The summed E-state index contributed by atoms with van der Waals surface area (Å²) in [5.41, 5.74) is 1.86. The molecule has 2 aliphatic rings. The number of nitro groups is 1. The van der Waals surface area contributed by atoms with Crippen LogP contribution in [-0.2, 0) is 0 Å². The molecule has 4 N–H and O–H groups in total. The molecule has 2 heterocycles. The molecular formula is C22H27N7O5S. The number of hydrogen-bond acceptors (Lipinski definition) is 11. The van der Waals surface area contributed by atoms with Crippen molar-refractivity contribution in [1.82, 2.24) is 25.0 Å². The average Bonchev–Trinajstić information content (AvgIpc) is 3.41. The number of nitrogens with zero attached hydrogens (tertiary/aromatic N) is 6. The van der Waals surface area contributed by atoms with Gasteiger partial charge in [-0.05, 0) is 24.8 Å². The molecule has 2 fully saturated rings. The van der Waals surface area contributed by atoms with Gasteiger partial charge >= 0.3 is 0 Å². The lowest BCUT2D eigenvalue weighted by Crippen LogP contribution is -2.30. The van der Waals surface area contributed by atoms with Crippen LogP contribution in [0.25, 0.3) is 11.2 Å². The Morgan fingerprint density at radius 3 is 2.80 bits per heavy atom. The second kappa shape index (κ2) is 9.64. The lowest BCUT2D eigenvalue weighted by atomic mass is 10.1. The Labute approximate surface area is 204 Å². The summed E-state index contributed by atoms with van der Waals surface area (Å²) in [6.45, 7) is 1.83. The normalized spacial score (nSPS) is 27.9. The Balaban J connectivity index is 1.44. The first kappa shape index (κ1) is 23.9. The lowest BCUT2D eigenvalue weighted by Gasteiger charge is -2.17. The number of fused-ring (bicyclic) bond motifs is 1. The summed E-state index contributed by atoms with van der Waals surface area (Å²) in [7, 11) is 0. The van der Waals surface area contributed by atoms with Crippen LogP contribution in [0.4, 0.5) is 11.5 Å². The molecule has 2 unspecified atom stereocenters. The molecule has 0 amide bonds. The minimum Gasteiger partial charge on any atom is -0.396 e. The molecule has 35 heavy (non-hydrogen) atoms. The molecule has 13 heteroatoms. The van der Waals surface area contributed by atoms with E-state index >= 15 is 0 Å². The molecule has 2 aromatic heterocycles. The Kier molecular flexibility index (Phi) is 6.57. The van der Waals surface area contributed by atoms with Crippen LogP contribution in [0.2, 0.25) is 0 Å². The van der Waals surface area contributed by atoms with Crippen molar-refractivity contribution < 1.29 is 20.2 Å². The fraction of sp³-hybridized carbons (Fsp3) is 0.545. The van der Waals surface area contributed by atoms with Crippen LogP contribution in [0.1, 0.15) is 43.7 Å². The van der Waals surface area contributed by atoms with Crippen LogP contribution in [0, 0.1) is 16.0 Å². The summed E-state index contributed by atoms with van der Waals surface area (Å²) in [4.78, 5) is 20.0. The first-order chi connectivity index (χ1) is 16.9. The maximum absolute atomic E-state index is 11.1. The number of non-ortho nitro benzene ring substituents is 1. The van der Waals surface area contributed by atoms with Gasteiger partial charge in [0.2, 0.25) is 0 Å². The van der Waals surface area contributed by atoms with E-state index in [1.165, 1.54) is 22.5 Å². The summed E-state index contributed by atoms with van der Waals surface area (Å²) in [5, 5.41) is 54.0. The Bertz CT molecular complexity index is 1240. The van der Waals surface area contributed by atoms with E-state index < -0.39 is 29.1 Å². The van der Waals surface area contributed by atoms with E-state index in [0.29, 0.717) is 28.6 Å². The summed E-state index contributed by atoms with van der Waals surface area (Å²) >= 11 is 1.50. The van der Waals surface area contributed by atoms with Crippen molar-refractivity contribution in [2.45, 2.75) is 61.6 Å². The second-order valence-corrected chi connectivity index (χ2v) is 10.1. The Hall–Kier alpha value is -2.87. The minimum atomic E-state index is -1.10. The first-order valence-electron chi connectivity index (χ1n) is 11.6. The van der Waals surface area contributed by atoms with Gasteiger partial charge in [-0.1, -0.05) is 36.0 Å². The third-order valence-corrected chi connectivity index (χ3v) is 7.73. The van der Waals surface area contributed by atoms with Gasteiger partial charge in [-0.2, -0.15) is 0 Å². The molecule has 0 aliphatic heterocycles. The molecule has 12 nitrogen and oxygen atoms in total. The molecule has 0 bridgehead atoms. The highest BCUT2D eigenvalue weighted by molar-refractivity contribution is 7.99. The van der Waals surface area contributed by atoms with Crippen LogP contribution in [-0.4, -0.2) is 75.8 Å². The topological polar surface area (TPSA) is 172 Å². The van der Waals surface area contributed by atoms with Gasteiger partial charge in [-0.15, -0.1) is 5.10 Å². The van der Waals surface area contributed by atoms with Crippen LogP contribution >= 0.6 is 11.8 Å². The van der Waals surface area contributed by atoms with Crippen LogP contribution in [0.5, 0.6) is 0 Å². The van der Waals surface area contributed by atoms with Gasteiger partial charge in [0.15, 0.2) is 22.1 Å². The predicted octanol–water partition coefficient (Wildman–Crippen LogP) is 1.87. The van der Waals surface area contributed by atoms with Gasteiger partial charge in [0.1, 0.15) is 6.10 Å². The number of aromatic nitrogens is 5. The fourth-order valence-electron chi connectivity index (χ4n) is 4.68. The van der Waals surface area contributed by atoms with Gasteiger partial charge < -0.3 is 20.6 Å². The highest BCUT2D eigenvalue weighted by atomic mass is 32.2. The number of benzene rings is 1. The molecule has 6 atom stereocenters. The SMILES string of the molecule is CCCSc1nc(NC2CC2c2cccc([N+](=O)[O-])c2)c2nnn([C@H]3C[C@@H](CO)[C@H](O)[C@@H]3O)c2n1. The maximum Gasteiger partial charge on any atom is 0.269 e. The van der Waals surface area contributed by atoms with Crippen molar-refractivity contribution in [2.24, 2.45) is 5.92 Å². The van der Waals surface area contributed by atoms with Gasteiger partial charge in [0, 0.05) is 42.4 Å². The minimum absolute atomic E-state index is 0.0296. The van der Waals surface area contributed by atoms with E-state index in [9.17, 15) is 25.4 Å². The molecule has 5 rings (SSSR count). The van der Waals surface area contributed by atoms with Gasteiger partial charge in [0.25, 0.3) is 5.69 Å². The standard InChI is InChI=1S/C22H27N7O5S/c1-2-6-35-22-24-20(23-15-9-14(15)11-4-3-5-13(7-11)29(33)34)17-21(25-22)28(27-26-17)16-8-12(10-30)18(31)19(16)32/h3-5,7,12,14-16,18-19,30-32H,2,6,8-10H2,1H3,(H,23,24,25)/t12-,14?,15?,16-,18-,19+/m0/s1. The van der Waals surface area contributed by atoms with E-state index in [1.54, 1.807) is 12.1 Å². The van der Waals surface area contributed by atoms with Crippen LogP contribution in [0.3, 0.4) is 0 Å². The molecule has 2 aliphatic carbocycles. The molecule has 186 valence electrons. The maximum atomic E-state index is 11.1. The molecule has 0 spiro atoms. The smallest absolute Gasteiger partial charge is 0.269 e. The van der Waals surface area contributed by atoms with Crippen molar-refractivity contribution in [2.75, 3.05) is 17.7 Å². The number of nitrogens with one attached hydrogen (secondary N) is 1. The summed E-state index contributed by atoms with van der Waals surface area (Å²) in [6.07, 6.45) is -0.0741. The number of nitro benzene ring substituents is 1. The van der Waals surface area contributed by atoms with Crippen molar-refractivity contribution in [3.8, 4) is 0 Å². The fourth-order valence-corrected chi connectivity index (χ4v) is 5.38. The zero-order chi connectivity index (χ0) is 24.7. The van der Waals surface area contributed by atoms with Crippen molar-refractivity contribution in [3.63, 3.8) is 0 Å². The first-order valence-corrected chi connectivity index (χ1v) is 12.6. The monoisotopic (exact) mass is 501 g/mol. The number of rotatable bonds is 9. The van der Waals surface area contributed by atoms with Crippen LogP contribution in [0.15, 0.2) is 29.4 Å². The van der Waals surface area contributed by atoms with Crippen molar-refractivity contribution >= 4 is 34.4 Å². The molecule has 1 aromatic carbocycles. The highest BCUT2D eigenvalue weighted by Crippen LogP contribution is 2.44. The van der Waals surface area contributed by atoms with Crippen molar-refractivity contribution in [3.05, 3.63) is 39.9 Å². The van der Waals surface area contributed by atoms with E-state index in [4.69, 9.17) is 0 Å².